The van der Waals surface area contributed by atoms with Gasteiger partial charge in [-0.2, -0.15) is 0 Å². The monoisotopic (exact) mass is 186 g/mol. The molecule has 1 aliphatic carbocycles. The Morgan fingerprint density at radius 2 is 2.08 bits per heavy atom. The van der Waals surface area contributed by atoms with E-state index >= 15 is 0 Å². The highest BCUT2D eigenvalue weighted by molar-refractivity contribution is 4.98. The highest BCUT2D eigenvalue weighted by Gasteiger charge is 2.39. The van der Waals surface area contributed by atoms with Crippen LogP contribution in [0, 0.1) is 0 Å². The van der Waals surface area contributed by atoms with E-state index in [1.54, 1.807) is 0 Å². The molecular formula is C10H22N2O. The molecule has 3 nitrogen and oxygen atoms in total. The fourth-order valence-corrected chi connectivity index (χ4v) is 1.74. The van der Waals surface area contributed by atoms with Gasteiger partial charge in [0.05, 0.1) is 6.10 Å². The third kappa shape index (κ3) is 2.93. The van der Waals surface area contributed by atoms with Gasteiger partial charge in [-0.15, -0.1) is 0 Å². The van der Waals surface area contributed by atoms with Gasteiger partial charge >= 0.3 is 0 Å². The third-order valence-electron chi connectivity index (χ3n) is 3.13. The molecule has 0 aromatic heterocycles. The normalized spacial score (nSPS) is 33.9. The van der Waals surface area contributed by atoms with Crippen molar-refractivity contribution in [3.63, 3.8) is 0 Å². The van der Waals surface area contributed by atoms with Crippen molar-refractivity contribution in [3.8, 4) is 0 Å². The van der Waals surface area contributed by atoms with Gasteiger partial charge < -0.3 is 15.7 Å². The van der Waals surface area contributed by atoms with Crippen LogP contribution in [0.25, 0.3) is 0 Å². The Hall–Kier alpha value is -0.120. The first-order chi connectivity index (χ1) is 5.93. The highest BCUT2D eigenvalue weighted by Crippen LogP contribution is 2.32. The second-order valence-corrected chi connectivity index (χ2v) is 4.75. The Bertz CT molecular complexity index is 164. The van der Waals surface area contributed by atoms with E-state index in [0.29, 0.717) is 6.04 Å². The first-order valence-corrected chi connectivity index (χ1v) is 5.10. The summed E-state index contributed by atoms with van der Waals surface area (Å²) in [5.74, 6) is 0. The summed E-state index contributed by atoms with van der Waals surface area (Å²) in [6, 6.07) is 0.577. The number of nitrogens with two attached hydrogens (primary N) is 1. The van der Waals surface area contributed by atoms with Crippen LogP contribution in [0.4, 0.5) is 0 Å². The van der Waals surface area contributed by atoms with E-state index in [2.05, 4.69) is 25.8 Å². The van der Waals surface area contributed by atoms with Crippen molar-refractivity contribution in [2.75, 3.05) is 13.6 Å². The Labute approximate surface area is 80.9 Å². The number of rotatable bonds is 4. The lowest BCUT2D eigenvalue weighted by Crippen LogP contribution is -2.55. The Morgan fingerprint density at radius 1 is 1.54 bits per heavy atom. The molecule has 0 radical (unpaired) electrons. The van der Waals surface area contributed by atoms with Crippen molar-refractivity contribution in [3.05, 3.63) is 0 Å². The zero-order valence-corrected chi connectivity index (χ0v) is 8.95. The molecule has 0 heterocycles. The lowest BCUT2D eigenvalue weighted by molar-refractivity contribution is 0.0138. The molecule has 0 atom stereocenters. The van der Waals surface area contributed by atoms with Crippen LogP contribution in [-0.2, 0) is 0 Å². The predicted molar refractivity (Wildman–Crippen MR) is 54.5 cm³/mol. The molecular weight excluding hydrogens is 164 g/mol. The maximum absolute atomic E-state index is 9.16. The van der Waals surface area contributed by atoms with E-state index in [1.807, 2.05) is 0 Å². The summed E-state index contributed by atoms with van der Waals surface area (Å²) in [7, 11) is 2.11. The number of hydrogen-bond donors (Lipinski definition) is 2. The van der Waals surface area contributed by atoms with Crippen LogP contribution in [0.15, 0.2) is 0 Å². The summed E-state index contributed by atoms with van der Waals surface area (Å²) in [5.41, 5.74) is 5.97. The highest BCUT2D eigenvalue weighted by atomic mass is 16.3. The third-order valence-corrected chi connectivity index (χ3v) is 3.13. The first kappa shape index (κ1) is 11.0. The Morgan fingerprint density at radius 3 is 2.46 bits per heavy atom. The molecule has 0 saturated heterocycles. The molecule has 1 saturated carbocycles. The number of nitrogens with zero attached hydrogens (tertiary/aromatic N) is 1. The van der Waals surface area contributed by atoms with Crippen molar-refractivity contribution >= 4 is 0 Å². The zero-order chi connectivity index (χ0) is 10.1. The van der Waals surface area contributed by atoms with E-state index in [0.717, 1.165) is 25.8 Å². The quantitative estimate of drug-likeness (QED) is 0.675. The summed E-state index contributed by atoms with van der Waals surface area (Å²) >= 11 is 0. The minimum Gasteiger partial charge on any atom is -0.393 e. The molecule has 13 heavy (non-hydrogen) atoms. The maximum Gasteiger partial charge on any atom is 0.0575 e. The molecule has 78 valence electrons. The molecule has 0 spiro atoms. The fourth-order valence-electron chi connectivity index (χ4n) is 1.74. The smallest absolute Gasteiger partial charge is 0.0575 e. The summed E-state index contributed by atoms with van der Waals surface area (Å²) < 4.78 is 0. The van der Waals surface area contributed by atoms with Crippen LogP contribution in [-0.4, -0.2) is 41.3 Å². The van der Waals surface area contributed by atoms with Crippen LogP contribution in [0.5, 0.6) is 0 Å². The van der Waals surface area contributed by atoms with E-state index in [1.165, 1.54) is 0 Å². The molecule has 3 N–H and O–H groups in total. The van der Waals surface area contributed by atoms with Gasteiger partial charge in [-0.25, -0.2) is 0 Å². The molecule has 1 rings (SSSR count). The molecule has 1 fully saturated rings. The van der Waals surface area contributed by atoms with Crippen molar-refractivity contribution in [1.29, 1.82) is 0 Å². The predicted octanol–water partition coefficient (Wildman–Crippen LogP) is 0.569. The molecule has 0 aromatic rings. The number of aliphatic hydroxyl groups excluding tert-OH is 1. The van der Waals surface area contributed by atoms with Gasteiger partial charge in [0.1, 0.15) is 0 Å². The average Bonchev–Trinajstić information content (AvgIpc) is 1.97. The van der Waals surface area contributed by atoms with Crippen molar-refractivity contribution in [2.45, 2.75) is 50.8 Å². The summed E-state index contributed by atoms with van der Waals surface area (Å²) in [6.07, 6.45) is 2.41. The minimum atomic E-state index is -0.144. The second-order valence-electron chi connectivity index (χ2n) is 4.75. The van der Waals surface area contributed by atoms with E-state index < -0.39 is 0 Å². The minimum absolute atomic E-state index is 0.0808. The number of hydrogen-bond acceptors (Lipinski definition) is 3. The van der Waals surface area contributed by atoms with Gasteiger partial charge in [0.25, 0.3) is 0 Å². The van der Waals surface area contributed by atoms with Crippen molar-refractivity contribution < 1.29 is 5.11 Å². The van der Waals surface area contributed by atoms with E-state index in [-0.39, 0.29) is 11.6 Å². The van der Waals surface area contributed by atoms with Gasteiger partial charge in [0, 0.05) is 11.6 Å². The van der Waals surface area contributed by atoms with Gasteiger partial charge in [0.2, 0.25) is 0 Å². The topological polar surface area (TPSA) is 49.5 Å². The molecule has 0 unspecified atom stereocenters. The molecule has 1 aliphatic rings. The van der Waals surface area contributed by atoms with Crippen LogP contribution >= 0.6 is 0 Å². The van der Waals surface area contributed by atoms with Crippen molar-refractivity contribution in [1.82, 2.24) is 4.90 Å². The summed E-state index contributed by atoms with van der Waals surface area (Å²) in [4.78, 5) is 2.29. The standard InChI is InChI=1S/C10H22N2O/c1-8(2)12(3)5-4-10(11)6-9(13)7-10/h8-9,13H,4-7,11H2,1-3H3. The van der Waals surface area contributed by atoms with Crippen molar-refractivity contribution in [2.24, 2.45) is 5.73 Å². The lowest BCUT2D eigenvalue weighted by atomic mass is 9.73. The van der Waals surface area contributed by atoms with E-state index in [4.69, 9.17) is 10.8 Å². The van der Waals surface area contributed by atoms with E-state index in [9.17, 15) is 0 Å². The fraction of sp³-hybridized carbons (Fsp3) is 1.00. The molecule has 3 heteroatoms. The first-order valence-electron chi connectivity index (χ1n) is 5.10. The lowest BCUT2D eigenvalue weighted by Gasteiger charge is -2.43. The molecule has 0 aliphatic heterocycles. The zero-order valence-electron chi connectivity index (χ0n) is 8.95. The van der Waals surface area contributed by atoms with Gasteiger partial charge in [-0.3, -0.25) is 0 Å². The SMILES string of the molecule is CC(C)N(C)CCC1(N)CC(O)C1. The maximum atomic E-state index is 9.16. The van der Waals surface area contributed by atoms with Gasteiger partial charge in [-0.1, -0.05) is 0 Å². The summed E-state index contributed by atoms with van der Waals surface area (Å²) in [5, 5.41) is 9.16. The Balaban J connectivity index is 2.19. The average molecular weight is 186 g/mol. The van der Waals surface area contributed by atoms with Crippen LogP contribution in [0.2, 0.25) is 0 Å². The molecule has 0 amide bonds. The van der Waals surface area contributed by atoms with Gasteiger partial charge in [-0.05, 0) is 46.7 Å². The van der Waals surface area contributed by atoms with Gasteiger partial charge in [0.15, 0.2) is 0 Å². The van der Waals surface area contributed by atoms with Crippen LogP contribution in [0.1, 0.15) is 33.1 Å². The largest absolute Gasteiger partial charge is 0.393 e. The summed E-state index contributed by atoms with van der Waals surface area (Å²) in [6.45, 7) is 5.39. The number of aliphatic hydroxyl groups is 1. The Kier molecular flexibility index (Phi) is 3.33. The van der Waals surface area contributed by atoms with Crippen LogP contribution in [0.3, 0.4) is 0 Å². The second kappa shape index (κ2) is 3.95. The van der Waals surface area contributed by atoms with Crippen LogP contribution < -0.4 is 5.73 Å². The molecule has 0 aromatic carbocycles. The molecule has 0 bridgehead atoms.